The zero-order valence-corrected chi connectivity index (χ0v) is 11.2. The lowest BCUT2D eigenvalue weighted by molar-refractivity contribution is -0.118. The van der Waals surface area contributed by atoms with Crippen molar-refractivity contribution in [2.24, 2.45) is 0 Å². The molecule has 3 nitrogen and oxygen atoms in total. The van der Waals surface area contributed by atoms with E-state index in [1.54, 1.807) is 4.90 Å². The maximum absolute atomic E-state index is 12.1. The van der Waals surface area contributed by atoms with E-state index in [1.165, 1.54) is 5.54 Å². The molecule has 0 radical (unpaired) electrons. The van der Waals surface area contributed by atoms with Crippen molar-refractivity contribution in [1.82, 2.24) is 0 Å². The Bertz CT molecular complexity index is 497. The van der Waals surface area contributed by atoms with Gasteiger partial charge in [0.25, 0.3) is 0 Å². The highest BCUT2D eigenvalue weighted by Crippen LogP contribution is 2.29. The van der Waals surface area contributed by atoms with Gasteiger partial charge in [-0.15, -0.1) is 0 Å². The smallest absolute Gasteiger partial charge is 0.227 e. The first-order valence-corrected chi connectivity index (χ1v) is 6.50. The molecule has 1 heterocycles. The van der Waals surface area contributed by atoms with Crippen molar-refractivity contribution in [3.63, 3.8) is 0 Å². The molecule has 0 aromatic heterocycles. The quantitative estimate of drug-likeness (QED) is 0.835. The first-order chi connectivity index (χ1) is 8.61. The van der Waals surface area contributed by atoms with Crippen LogP contribution in [0.15, 0.2) is 29.3 Å². The van der Waals surface area contributed by atoms with Crippen LogP contribution >= 0.6 is 11.6 Å². The summed E-state index contributed by atoms with van der Waals surface area (Å²) in [5.41, 5.74) is 11.1. The fourth-order valence-corrected chi connectivity index (χ4v) is 2.29. The summed E-state index contributed by atoms with van der Waals surface area (Å²) in [5, 5.41) is 0. The molecular weight excluding hydrogens is 248 g/mol. The van der Waals surface area contributed by atoms with Crippen molar-refractivity contribution in [3.05, 3.63) is 34.9 Å². The highest BCUT2D eigenvalue weighted by atomic mass is 35.5. The molecular formula is C14H17ClN2O. The first-order valence-electron chi connectivity index (χ1n) is 6.06. The van der Waals surface area contributed by atoms with Crippen molar-refractivity contribution < 1.29 is 4.79 Å². The SMILES string of the molecule is C/C(=C/Cl)CN1C(=O)CCCc2cc(N)ccc21. The third-order valence-electron chi connectivity index (χ3n) is 3.13. The Hall–Kier alpha value is -1.48. The van der Waals surface area contributed by atoms with Gasteiger partial charge in [-0.05, 0) is 49.1 Å². The molecule has 0 fully saturated rings. The van der Waals surface area contributed by atoms with E-state index in [0.29, 0.717) is 13.0 Å². The molecule has 2 N–H and O–H groups in total. The highest BCUT2D eigenvalue weighted by Gasteiger charge is 2.22. The van der Waals surface area contributed by atoms with Gasteiger partial charge >= 0.3 is 0 Å². The Morgan fingerprint density at radius 3 is 3.00 bits per heavy atom. The minimum Gasteiger partial charge on any atom is -0.399 e. The molecule has 2 rings (SSSR count). The summed E-state index contributed by atoms with van der Waals surface area (Å²) in [7, 11) is 0. The lowest BCUT2D eigenvalue weighted by Crippen LogP contribution is -2.31. The summed E-state index contributed by atoms with van der Waals surface area (Å²) in [6.45, 7) is 2.46. The van der Waals surface area contributed by atoms with Crippen LogP contribution in [0.4, 0.5) is 11.4 Å². The minimum atomic E-state index is 0.149. The second-order valence-corrected chi connectivity index (χ2v) is 4.90. The van der Waals surface area contributed by atoms with Gasteiger partial charge in [-0.25, -0.2) is 0 Å². The molecule has 1 aliphatic rings. The van der Waals surface area contributed by atoms with Crippen molar-refractivity contribution in [2.75, 3.05) is 17.2 Å². The lowest BCUT2D eigenvalue weighted by atomic mass is 10.1. The second kappa shape index (κ2) is 5.44. The monoisotopic (exact) mass is 264 g/mol. The van der Waals surface area contributed by atoms with Gasteiger partial charge in [0.15, 0.2) is 0 Å². The van der Waals surface area contributed by atoms with Crippen LogP contribution in [0.2, 0.25) is 0 Å². The van der Waals surface area contributed by atoms with E-state index in [0.717, 1.165) is 35.4 Å². The number of carbonyl (C=O) groups excluding carboxylic acids is 1. The summed E-state index contributed by atoms with van der Waals surface area (Å²) in [6.07, 6.45) is 2.34. The molecule has 4 heteroatoms. The van der Waals surface area contributed by atoms with Crippen molar-refractivity contribution in [2.45, 2.75) is 26.2 Å². The van der Waals surface area contributed by atoms with Crippen molar-refractivity contribution in [1.29, 1.82) is 0 Å². The molecule has 0 spiro atoms. The minimum absolute atomic E-state index is 0.149. The standard InChI is InChI=1S/C14H17ClN2O/c1-10(8-15)9-17-13-6-5-12(16)7-11(13)3-2-4-14(17)18/h5-8H,2-4,9,16H2,1H3/b10-8-. The molecule has 0 bridgehead atoms. The average molecular weight is 265 g/mol. The topological polar surface area (TPSA) is 46.3 Å². The van der Waals surface area contributed by atoms with Crippen LogP contribution in [-0.4, -0.2) is 12.5 Å². The van der Waals surface area contributed by atoms with E-state index in [2.05, 4.69) is 0 Å². The highest BCUT2D eigenvalue weighted by molar-refractivity contribution is 6.25. The Kier molecular flexibility index (Phi) is 3.92. The van der Waals surface area contributed by atoms with Gasteiger partial charge in [-0.2, -0.15) is 0 Å². The number of hydrogen-bond acceptors (Lipinski definition) is 2. The molecule has 96 valence electrons. The summed E-state index contributed by atoms with van der Waals surface area (Å²) in [6, 6.07) is 5.72. The zero-order valence-electron chi connectivity index (χ0n) is 10.4. The van der Waals surface area contributed by atoms with Gasteiger partial charge in [0.2, 0.25) is 5.91 Å². The molecule has 1 aromatic rings. The molecule has 0 atom stereocenters. The van der Waals surface area contributed by atoms with Crippen LogP contribution < -0.4 is 10.6 Å². The number of nitrogens with zero attached hydrogens (tertiary/aromatic N) is 1. The van der Waals surface area contributed by atoms with Gasteiger partial charge in [0.1, 0.15) is 0 Å². The van der Waals surface area contributed by atoms with Gasteiger partial charge in [0, 0.05) is 29.9 Å². The van der Waals surface area contributed by atoms with E-state index in [1.807, 2.05) is 25.1 Å². The second-order valence-electron chi connectivity index (χ2n) is 4.68. The normalized spacial score (nSPS) is 16.4. The maximum atomic E-state index is 12.1. The van der Waals surface area contributed by atoms with Gasteiger partial charge < -0.3 is 10.6 Å². The summed E-state index contributed by atoms with van der Waals surface area (Å²) < 4.78 is 0. The molecule has 0 saturated carbocycles. The number of fused-ring (bicyclic) bond motifs is 1. The summed E-state index contributed by atoms with van der Waals surface area (Å²) in [4.78, 5) is 13.9. The molecule has 1 amide bonds. The third kappa shape index (κ3) is 2.67. The predicted molar refractivity (Wildman–Crippen MR) is 75.8 cm³/mol. The van der Waals surface area contributed by atoms with E-state index < -0.39 is 0 Å². The number of amides is 1. The van der Waals surface area contributed by atoms with Crippen LogP contribution in [0.5, 0.6) is 0 Å². The van der Waals surface area contributed by atoms with Gasteiger partial charge in [0.05, 0.1) is 0 Å². The third-order valence-corrected chi connectivity index (χ3v) is 3.50. The largest absolute Gasteiger partial charge is 0.399 e. The van der Waals surface area contributed by atoms with Crippen LogP contribution in [0.25, 0.3) is 0 Å². The van der Waals surface area contributed by atoms with Crippen molar-refractivity contribution in [3.8, 4) is 0 Å². The van der Waals surface area contributed by atoms with Crippen molar-refractivity contribution >= 4 is 28.9 Å². The fraction of sp³-hybridized carbons (Fsp3) is 0.357. The number of hydrogen-bond donors (Lipinski definition) is 1. The molecule has 18 heavy (non-hydrogen) atoms. The Morgan fingerprint density at radius 1 is 1.50 bits per heavy atom. The molecule has 1 aliphatic heterocycles. The van der Waals surface area contributed by atoms with Crippen LogP contribution in [0.1, 0.15) is 25.3 Å². The van der Waals surface area contributed by atoms with Crippen LogP contribution in [0.3, 0.4) is 0 Å². The predicted octanol–water partition coefficient (Wildman–Crippen LogP) is 3.08. The zero-order chi connectivity index (χ0) is 13.1. The van der Waals surface area contributed by atoms with E-state index in [-0.39, 0.29) is 5.91 Å². The Morgan fingerprint density at radius 2 is 2.28 bits per heavy atom. The molecule has 0 aliphatic carbocycles. The Balaban J connectivity index is 2.40. The number of halogens is 1. The Labute approximate surface area is 112 Å². The fourth-order valence-electron chi connectivity index (χ4n) is 2.23. The summed E-state index contributed by atoms with van der Waals surface area (Å²) >= 11 is 5.69. The van der Waals surface area contributed by atoms with E-state index in [4.69, 9.17) is 17.3 Å². The number of benzene rings is 1. The molecule has 0 unspecified atom stereocenters. The number of aryl methyl sites for hydroxylation is 1. The number of anilines is 2. The number of rotatable bonds is 2. The van der Waals surface area contributed by atoms with Gasteiger partial charge in [-0.1, -0.05) is 11.6 Å². The number of nitrogen functional groups attached to an aromatic ring is 1. The molecule has 0 saturated heterocycles. The van der Waals surface area contributed by atoms with Crippen LogP contribution in [0, 0.1) is 0 Å². The van der Waals surface area contributed by atoms with E-state index in [9.17, 15) is 4.79 Å². The summed E-state index contributed by atoms with van der Waals surface area (Å²) in [5.74, 6) is 0.149. The maximum Gasteiger partial charge on any atom is 0.227 e. The number of nitrogens with two attached hydrogens (primary N) is 1. The first kappa shape index (κ1) is 13.0. The molecule has 1 aromatic carbocycles. The van der Waals surface area contributed by atoms with E-state index >= 15 is 0 Å². The number of carbonyl (C=O) groups is 1. The van der Waals surface area contributed by atoms with Crippen LogP contribution in [-0.2, 0) is 11.2 Å². The van der Waals surface area contributed by atoms with Gasteiger partial charge in [-0.3, -0.25) is 4.79 Å². The lowest BCUT2D eigenvalue weighted by Gasteiger charge is -2.23. The average Bonchev–Trinajstić information content (AvgIpc) is 2.49.